The van der Waals surface area contributed by atoms with Crippen molar-refractivity contribution in [2.24, 2.45) is 0 Å². The average Bonchev–Trinajstić information content (AvgIpc) is 3.21. The molecule has 4 nitrogen and oxygen atoms in total. The van der Waals surface area contributed by atoms with Gasteiger partial charge in [0.05, 0.1) is 6.54 Å². The number of hydrogen-bond acceptors (Lipinski definition) is 3. The lowest BCUT2D eigenvalue weighted by atomic mass is 10.2. The Kier molecular flexibility index (Phi) is 4.44. The topological polar surface area (TPSA) is 35.6 Å². The lowest BCUT2D eigenvalue weighted by molar-refractivity contribution is -0.122. The highest BCUT2D eigenvalue weighted by atomic mass is 16.2. The molecule has 1 heterocycles. The summed E-state index contributed by atoms with van der Waals surface area (Å²) < 4.78 is 0. The number of anilines is 1. The minimum absolute atomic E-state index is 0.119. The first kappa shape index (κ1) is 14.4. The van der Waals surface area contributed by atoms with E-state index in [2.05, 4.69) is 39.4 Å². The first-order valence-corrected chi connectivity index (χ1v) is 8.03. The number of nitrogens with zero attached hydrogens (tertiary/aromatic N) is 2. The first-order valence-electron chi connectivity index (χ1n) is 8.03. The zero-order valence-corrected chi connectivity index (χ0v) is 12.8. The fraction of sp³-hybridized carbons (Fsp3) is 0.588. The molecule has 1 saturated heterocycles. The summed E-state index contributed by atoms with van der Waals surface area (Å²) in [5.74, 6) is 0.119. The molecule has 114 valence electrons. The number of hydrogen-bond donors (Lipinski definition) is 1. The van der Waals surface area contributed by atoms with Crippen LogP contribution in [0.1, 0.15) is 31.2 Å². The summed E-state index contributed by atoms with van der Waals surface area (Å²) in [4.78, 5) is 16.4. The normalized spacial score (nSPS) is 18.3. The first-order chi connectivity index (χ1) is 10.2. The van der Waals surface area contributed by atoms with Gasteiger partial charge >= 0.3 is 0 Å². The smallest absolute Gasteiger partial charge is 0.234 e. The number of benzene rings is 1. The molecule has 0 radical (unpaired) electrons. The third kappa shape index (κ3) is 3.97. The quantitative estimate of drug-likeness (QED) is 0.869. The lowest BCUT2D eigenvalue weighted by Gasteiger charge is -2.18. The van der Waals surface area contributed by atoms with Crippen LogP contribution in [0.2, 0.25) is 0 Å². The summed E-state index contributed by atoms with van der Waals surface area (Å²) in [6.45, 7) is 3.47. The Bertz CT molecular complexity index is 475. The second-order valence-corrected chi connectivity index (χ2v) is 6.28. The van der Waals surface area contributed by atoms with Crippen LogP contribution in [0.25, 0.3) is 0 Å². The molecule has 1 aromatic carbocycles. The van der Waals surface area contributed by atoms with E-state index >= 15 is 0 Å². The highest BCUT2D eigenvalue weighted by Gasteiger charge is 2.27. The van der Waals surface area contributed by atoms with E-state index in [1.165, 1.54) is 50.0 Å². The van der Waals surface area contributed by atoms with Gasteiger partial charge in [0.1, 0.15) is 0 Å². The Morgan fingerprint density at radius 1 is 1.24 bits per heavy atom. The summed E-state index contributed by atoms with van der Waals surface area (Å²) >= 11 is 0. The molecule has 0 unspecified atom stereocenters. The minimum Gasteiger partial charge on any atom is -0.372 e. The summed E-state index contributed by atoms with van der Waals surface area (Å²) in [7, 11) is 2.03. The molecule has 21 heavy (non-hydrogen) atoms. The van der Waals surface area contributed by atoms with Gasteiger partial charge in [0.25, 0.3) is 0 Å². The summed E-state index contributed by atoms with van der Waals surface area (Å²) in [6, 6.07) is 9.22. The third-order valence-electron chi connectivity index (χ3n) is 4.46. The Hall–Kier alpha value is -1.55. The maximum atomic E-state index is 11.9. The average molecular weight is 287 g/mol. The van der Waals surface area contributed by atoms with Crippen molar-refractivity contribution in [3.05, 3.63) is 29.8 Å². The second-order valence-electron chi connectivity index (χ2n) is 6.28. The van der Waals surface area contributed by atoms with Gasteiger partial charge in [-0.2, -0.15) is 0 Å². The molecular formula is C17H25N3O. The van der Waals surface area contributed by atoms with Gasteiger partial charge in [0.15, 0.2) is 0 Å². The molecule has 1 N–H and O–H groups in total. The Morgan fingerprint density at radius 3 is 2.52 bits per heavy atom. The fourth-order valence-electron chi connectivity index (χ4n) is 2.93. The fourth-order valence-corrected chi connectivity index (χ4v) is 2.93. The molecule has 0 bridgehead atoms. The molecule has 1 amide bonds. The van der Waals surface area contributed by atoms with Crippen molar-refractivity contribution in [1.29, 1.82) is 0 Å². The predicted octanol–water partition coefficient (Wildman–Crippen LogP) is 2.00. The largest absolute Gasteiger partial charge is 0.372 e. The van der Waals surface area contributed by atoms with Gasteiger partial charge in [-0.15, -0.1) is 0 Å². The Labute approximate surface area is 127 Å². The van der Waals surface area contributed by atoms with E-state index in [1.54, 1.807) is 0 Å². The second kappa shape index (κ2) is 6.48. The zero-order valence-electron chi connectivity index (χ0n) is 12.8. The number of nitrogens with one attached hydrogen (secondary N) is 1. The Morgan fingerprint density at radius 2 is 1.90 bits per heavy atom. The highest BCUT2D eigenvalue weighted by Crippen LogP contribution is 2.24. The minimum atomic E-state index is 0.119. The third-order valence-corrected chi connectivity index (χ3v) is 4.46. The van der Waals surface area contributed by atoms with E-state index in [1.807, 2.05) is 7.05 Å². The molecule has 0 atom stereocenters. The monoisotopic (exact) mass is 287 g/mol. The van der Waals surface area contributed by atoms with E-state index < -0.39 is 0 Å². The van der Waals surface area contributed by atoms with Crippen LogP contribution < -0.4 is 10.2 Å². The molecule has 3 rings (SSSR count). The number of amides is 1. The summed E-state index contributed by atoms with van der Waals surface area (Å²) in [5, 5.41) is 3.01. The van der Waals surface area contributed by atoms with E-state index in [-0.39, 0.29) is 5.91 Å². The van der Waals surface area contributed by atoms with Crippen LogP contribution in [0.5, 0.6) is 0 Å². The van der Waals surface area contributed by atoms with Crippen LogP contribution in [0.4, 0.5) is 5.69 Å². The van der Waals surface area contributed by atoms with Crippen molar-refractivity contribution < 1.29 is 4.79 Å². The van der Waals surface area contributed by atoms with Crippen LogP contribution in [0, 0.1) is 0 Å². The molecule has 2 aliphatic rings. The maximum Gasteiger partial charge on any atom is 0.234 e. The summed E-state index contributed by atoms with van der Waals surface area (Å²) in [6.07, 6.45) is 5.07. The molecule has 0 spiro atoms. The van der Waals surface area contributed by atoms with E-state index in [4.69, 9.17) is 0 Å². The molecule has 4 heteroatoms. The standard InChI is InChI=1S/C17H25N3O/c1-19(15-8-9-15)13-17(21)18-12-14-4-6-16(7-5-14)20-10-2-3-11-20/h4-7,15H,2-3,8-13H2,1H3,(H,18,21). The van der Waals surface area contributed by atoms with Crippen molar-refractivity contribution in [2.75, 3.05) is 31.6 Å². The van der Waals surface area contributed by atoms with Gasteiger partial charge in [-0.25, -0.2) is 0 Å². The lowest BCUT2D eigenvalue weighted by Crippen LogP contribution is -2.35. The number of carbonyl (C=O) groups is 1. The van der Waals surface area contributed by atoms with Gasteiger partial charge in [0, 0.05) is 31.4 Å². The van der Waals surface area contributed by atoms with Crippen LogP contribution in [-0.2, 0) is 11.3 Å². The Balaban J connectivity index is 1.45. The van der Waals surface area contributed by atoms with E-state index in [0.29, 0.717) is 19.1 Å². The molecule has 1 saturated carbocycles. The van der Waals surface area contributed by atoms with Crippen LogP contribution >= 0.6 is 0 Å². The van der Waals surface area contributed by atoms with Gasteiger partial charge in [-0.1, -0.05) is 12.1 Å². The predicted molar refractivity (Wildman–Crippen MR) is 85.4 cm³/mol. The number of rotatable bonds is 6. The van der Waals surface area contributed by atoms with Crippen molar-refractivity contribution in [1.82, 2.24) is 10.2 Å². The molecule has 2 fully saturated rings. The van der Waals surface area contributed by atoms with Crippen LogP contribution in [-0.4, -0.2) is 43.5 Å². The molecule has 0 aromatic heterocycles. The molecule has 1 aliphatic heterocycles. The van der Waals surface area contributed by atoms with E-state index in [0.717, 1.165) is 0 Å². The zero-order chi connectivity index (χ0) is 14.7. The van der Waals surface area contributed by atoms with Crippen molar-refractivity contribution in [3.63, 3.8) is 0 Å². The SMILES string of the molecule is CN(CC(=O)NCc1ccc(N2CCCC2)cc1)C1CC1. The number of carbonyl (C=O) groups excluding carboxylic acids is 1. The van der Waals surface area contributed by atoms with Crippen molar-refractivity contribution in [2.45, 2.75) is 38.3 Å². The number of likely N-dealkylation sites (N-methyl/N-ethyl adjacent to an activating group) is 1. The van der Waals surface area contributed by atoms with Gasteiger partial charge in [-0.05, 0) is 50.4 Å². The van der Waals surface area contributed by atoms with Crippen LogP contribution in [0.3, 0.4) is 0 Å². The highest BCUT2D eigenvalue weighted by molar-refractivity contribution is 5.78. The maximum absolute atomic E-state index is 11.9. The molecular weight excluding hydrogens is 262 g/mol. The molecule has 1 aromatic rings. The van der Waals surface area contributed by atoms with Crippen LogP contribution in [0.15, 0.2) is 24.3 Å². The van der Waals surface area contributed by atoms with E-state index in [9.17, 15) is 4.79 Å². The van der Waals surface area contributed by atoms with Crippen molar-refractivity contribution >= 4 is 11.6 Å². The van der Waals surface area contributed by atoms with Gasteiger partial charge in [0.2, 0.25) is 5.91 Å². The summed E-state index contributed by atoms with van der Waals surface area (Å²) in [5.41, 5.74) is 2.47. The molecule has 1 aliphatic carbocycles. The van der Waals surface area contributed by atoms with Crippen molar-refractivity contribution in [3.8, 4) is 0 Å². The van der Waals surface area contributed by atoms with Gasteiger partial charge in [-0.3, -0.25) is 9.69 Å². The van der Waals surface area contributed by atoms with Gasteiger partial charge < -0.3 is 10.2 Å².